The number of rotatable bonds is 2. The van der Waals surface area contributed by atoms with Crippen molar-refractivity contribution in [1.29, 1.82) is 0 Å². The molecule has 0 unspecified atom stereocenters. The average Bonchev–Trinajstić information content (AvgIpc) is 3.17. The second-order valence-corrected chi connectivity index (χ2v) is 5.15. The molecule has 3 rings (SSSR count). The first-order valence-electron chi connectivity index (χ1n) is 6.77. The molecule has 0 radical (unpaired) electrons. The van der Waals surface area contributed by atoms with Crippen molar-refractivity contribution in [3.8, 4) is 0 Å². The third-order valence-electron chi connectivity index (χ3n) is 3.65. The van der Waals surface area contributed by atoms with Gasteiger partial charge in [0.1, 0.15) is 17.8 Å². The minimum atomic E-state index is -4.45. The first kappa shape index (κ1) is 14.6. The van der Waals surface area contributed by atoms with Gasteiger partial charge >= 0.3 is 6.18 Å². The number of nitrogens with one attached hydrogen (secondary N) is 1. The van der Waals surface area contributed by atoms with Crippen molar-refractivity contribution in [3.63, 3.8) is 0 Å². The van der Waals surface area contributed by atoms with E-state index in [1.165, 1.54) is 12.3 Å². The van der Waals surface area contributed by atoms with Crippen molar-refractivity contribution < 1.29 is 22.5 Å². The highest BCUT2D eigenvalue weighted by molar-refractivity contribution is 5.92. The van der Waals surface area contributed by atoms with Gasteiger partial charge in [-0.25, -0.2) is 4.98 Å². The van der Waals surface area contributed by atoms with Gasteiger partial charge in [0.2, 0.25) is 0 Å². The van der Waals surface area contributed by atoms with Crippen LogP contribution in [0.3, 0.4) is 0 Å². The van der Waals surface area contributed by atoms with Crippen molar-refractivity contribution in [3.05, 3.63) is 35.7 Å². The molecule has 0 saturated carbocycles. The number of hydrogen-bond donors (Lipinski definition) is 1. The molecule has 0 spiro atoms. The summed E-state index contributed by atoms with van der Waals surface area (Å²) in [4.78, 5) is 19.9. The van der Waals surface area contributed by atoms with Gasteiger partial charge < -0.3 is 14.4 Å². The second-order valence-electron chi connectivity index (χ2n) is 5.15. The van der Waals surface area contributed by atoms with Crippen LogP contribution in [0.2, 0.25) is 0 Å². The normalized spacial score (nSPS) is 19.4. The molecule has 1 atom stereocenters. The Morgan fingerprint density at radius 3 is 2.91 bits per heavy atom. The molecule has 0 aliphatic carbocycles. The Hall–Kier alpha value is -2.32. The van der Waals surface area contributed by atoms with Crippen LogP contribution in [0.4, 0.5) is 13.2 Å². The van der Waals surface area contributed by atoms with Crippen molar-refractivity contribution in [1.82, 2.24) is 20.0 Å². The summed E-state index contributed by atoms with van der Waals surface area (Å²) in [5.41, 5.74) is -0.682. The summed E-state index contributed by atoms with van der Waals surface area (Å²) in [6.07, 6.45) is -0.996. The number of hydrogen-bond acceptors (Lipinski definition) is 4. The first-order valence-corrected chi connectivity index (χ1v) is 6.77. The van der Waals surface area contributed by atoms with E-state index in [2.05, 4.69) is 19.6 Å². The number of nitrogens with zero attached hydrogens (tertiary/aromatic N) is 3. The molecular weight excluding hydrogens is 301 g/mol. The van der Waals surface area contributed by atoms with Gasteiger partial charge in [0.25, 0.3) is 5.91 Å². The number of aromatic amines is 1. The molecule has 1 amide bonds. The molecule has 22 heavy (non-hydrogen) atoms. The van der Waals surface area contributed by atoms with Crippen LogP contribution in [0.25, 0.3) is 0 Å². The van der Waals surface area contributed by atoms with Gasteiger partial charge in [0, 0.05) is 25.1 Å². The molecule has 1 aliphatic rings. The predicted molar refractivity (Wildman–Crippen MR) is 68.0 cm³/mol. The zero-order chi connectivity index (χ0) is 15.7. The van der Waals surface area contributed by atoms with Gasteiger partial charge in [-0.2, -0.15) is 13.2 Å². The summed E-state index contributed by atoms with van der Waals surface area (Å²) in [7, 11) is 0. The SMILES string of the molecule is O=C(c1ccon1)N1CCC[C@@H](c2ncc(C(F)(F)F)[nH]2)C1. The van der Waals surface area contributed by atoms with Crippen molar-refractivity contribution >= 4 is 5.91 Å². The molecule has 9 heteroatoms. The molecule has 2 aromatic heterocycles. The highest BCUT2D eigenvalue weighted by Crippen LogP contribution is 2.31. The molecular formula is C13H13F3N4O2. The largest absolute Gasteiger partial charge is 0.432 e. The summed E-state index contributed by atoms with van der Waals surface area (Å²) in [6.45, 7) is 0.839. The molecule has 0 aromatic carbocycles. The van der Waals surface area contributed by atoms with Crippen LogP contribution < -0.4 is 0 Å². The fraction of sp³-hybridized carbons (Fsp3) is 0.462. The Bertz CT molecular complexity index is 651. The second kappa shape index (κ2) is 5.47. The molecule has 3 heterocycles. The number of amides is 1. The Morgan fingerprint density at radius 1 is 1.45 bits per heavy atom. The maximum absolute atomic E-state index is 12.6. The van der Waals surface area contributed by atoms with Crippen molar-refractivity contribution in [2.75, 3.05) is 13.1 Å². The van der Waals surface area contributed by atoms with Gasteiger partial charge in [-0.3, -0.25) is 4.79 Å². The quantitative estimate of drug-likeness (QED) is 0.924. The van der Waals surface area contributed by atoms with E-state index in [0.29, 0.717) is 25.9 Å². The van der Waals surface area contributed by atoms with Gasteiger partial charge in [-0.1, -0.05) is 5.16 Å². The molecule has 1 saturated heterocycles. The average molecular weight is 314 g/mol. The zero-order valence-electron chi connectivity index (χ0n) is 11.4. The van der Waals surface area contributed by atoms with E-state index in [-0.39, 0.29) is 23.3 Å². The third kappa shape index (κ3) is 2.83. The van der Waals surface area contributed by atoms with Crippen molar-refractivity contribution in [2.24, 2.45) is 0 Å². The number of likely N-dealkylation sites (tertiary alicyclic amines) is 1. The smallest absolute Gasteiger partial charge is 0.364 e. The predicted octanol–water partition coefficient (Wildman–Crippen LogP) is 2.44. The standard InChI is InChI=1S/C13H13F3N4O2/c14-13(15,16)10-6-17-11(18-10)8-2-1-4-20(7-8)12(21)9-3-5-22-19-9/h3,5-6,8H,1-2,4,7H2,(H,17,18)/t8-/m1/s1. The zero-order valence-corrected chi connectivity index (χ0v) is 11.4. The Labute approximate surface area is 123 Å². The van der Waals surface area contributed by atoms with Gasteiger partial charge in [0.05, 0.1) is 6.20 Å². The summed E-state index contributed by atoms with van der Waals surface area (Å²) in [5.74, 6) is -0.285. The lowest BCUT2D eigenvalue weighted by atomic mass is 9.97. The fourth-order valence-electron chi connectivity index (χ4n) is 2.56. The fourth-order valence-corrected chi connectivity index (χ4v) is 2.56. The number of piperidine rings is 1. The number of alkyl halides is 3. The van der Waals surface area contributed by atoms with E-state index >= 15 is 0 Å². The maximum atomic E-state index is 12.6. The summed E-state index contributed by atoms with van der Waals surface area (Å²) in [6, 6.07) is 1.46. The van der Waals surface area contributed by atoms with E-state index in [0.717, 1.165) is 6.20 Å². The van der Waals surface area contributed by atoms with E-state index in [9.17, 15) is 18.0 Å². The number of imidazole rings is 1. The number of carbonyl (C=O) groups is 1. The molecule has 1 fully saturated rings. The summed E-state index contributed by atoms with van der Waals surface area (Å²) >= 11 is 0. The summed E-state index contributed by atoms with van der Waals surface area (Å²) < 4.78 is 42.5. The number of halogens is 3. The van der Waals surface area contributed by atoms with Crippen LogP contribution in [0.1, 0.15) is 40.8 Å². The Kier molecular flexibility index (Phi) is 3.63. The van der Waals surface area contributed by atoms with Crippen LogP contribution in [-0.2, 0) is 6.18 Å². The van der Waals surface area contributed by atoms with Crippen LogP contribution >= 0.6 is 0 Å². The lowest BCUT2D eigenvalue weighted by molar-refractivity contribution is -0.141. The van der Waals surface area contributed by atoms with Crippen LogP contribution in [0, 0.1) is 0 Å². The van der Waals surface area contributed by atoms with Gasteiger partial charge in [-0.05, 0) is 12.8 Å². The minimum Gasteiger partial charge on any atom is -0.364 e. The highest BCUT2D eigenvalue weighted by Gasteiger charge is 2.35. The lowest BCUT2D eigenvalue weighted by Crippen LogP contribution is -2.39. The number of H-pyrrole nitrogens is 1. The van der Waals surface area contributed by atoms with Gasteiger partial charge in [0.15, 0.2) is 5.69 Å². The van der Waals surface area contributed by atoms with E-state index in [1.807, 2.05) is 0 Å². The monoisotopic (exact) mass is 314 g/mol. The molecule has 6 nitrogen and oxygen atoms in total. The highest BCUT2D eigenvalue weighted by atomic mass is 19.4. The number of aromatic nitrogens is 3. The molecule has 1 aliphatic heterocycles. The topological polar surface area (TPSA) is 75.0 Å². The van der Waals surface area contributed by atoms with E-state index < -0.39 is 11.9 Å². The van der Waals surface area contributed by atoms with E-state index in [1.54, 1.807) is 4.90 Å². The van der Waals surface area contributed by atoms with Crippen LogP contribution in [0.5, 0.6) is 0 Å². The number of carbonyl (C=O) groups excluding carboxylic acids is 1. The molecule has 2 aromatic rings. The third-order valence-corrected chi connectivity index (χ3v) is 3.65. The van der Waals surface area contributed by atoms with E-state index in [4.69, 9.17) is 0 Å². The summed E-state index contributed by atoms with van der Waals surface area (Å²) in [5, 5.41) is 3.59. The molecule has 1 N–H and O–H groups in total. The maximum Gasteiger partial charge on any atom is 0.432 e. The molecule has 118 valence electrons. The van der Waals surface area contributed by atoms with Crippen molar-refractivity contribution in [2.45, 2.75) is 24.9 Å². The Balaban J connectivity index is 1.73. The minimum absolute atomic E-state index is 0.191. The van der Waals surface area contributed by atoms with Crippen LogP contribution in [0.15, 0.2) is 23.0 Å². The first-order chi connectivity index (χ1) is 10.4. The van der Waals surface area contributed by atoms with Crippen LogP contribution in [-0.4, -0.2) is 39.0 Å². The molecule has 0 bridgehead atoms. The lowest BCUT2D eigenvalue weighted by Gasteiger charge is -2.31. The Morgan fingerprint density at radius 2 is 2.27 bits per heavy atom. The van der Waals surface area contributed by atoms with Gasteiger partial charge in [-0.15, -0.1) is 0 Å².